The van der Waals surface area contributed by atoms with E-state index >= 15 is 0 Å². The summed E-state index contributed by atoms with van der Waals surface area (Å²) in [6.07, 6.45) is 0. The van der Waals surface area contributed by atoms with E-state index in [1.54, 1.807) is 12.1 Å². The summed E-state index contributed by atoms with van der Waals surface area (Å²) >= 11 is 5.48. The van der Waals surface area contributed by atoms with Crippen LogP contribution in [0.4, 0.5) is 4.39 Å². The molecule has 0 unspecified atom stereocenters. The SMILES string of the molecule is CC1(C)c2cc(I)ccc2Oc2cc(Br)c(F)cc21. The van der Waals surface area contributed by atoms with Crippen molar-refractivity contribution in [3.63, 3.8) is 0 Å². The highest BCUT2D eigenvalue weighted by Gasteiger charge is 2.35. The third kappa shape index (κ3) is 2.09. The largest absolute Gasteiger partial charge is 0.457 e. The van der Waals surface area contributed by atoms with Gasteiger partial charge in [-0.3, -0.25) is 0 Å². The van der Waals surface area contributed by atoms with Crippen LogP contribution in [0.2, 0.25) is 0 Å². The summed E-state index contributed by atoms with van der Waals surface area (Å²) in [7, 11) is 0. The fourth-order valence-corrected chi connectivity index (χ4v) is 3.26. The molecule has 1 aliphatic rings. The number of halogens is 3. The summed E-state index contributed by atoms with van der Waals surface area (Å²) in [5, 5.41) is 0. The minimum Gasteiger partial charge on any atom is -0.457 e. The molecule has 1 heterocycles. The lowest BCUT2D eigenvalue weighted by Gasteiger charge is -2.34. The van der Waals surface area contributed by atoms with Gasteiger partial charge in [0.1, 0.15) is 17.3 Å². The number of benzene rings is 2. The van der Waals surface area contributed by atoms with E-state index in [-0.39, 0.29) is 11.2 Å². The zero-order valence-electron chi connectivity index (χ0n) is 10.4. The molecule has 0 atom stereocenters. The van der Waals surface area contributed by atoms with Crippen molar-refractivity contribution in [1.29, 1.82) is 0 Å². The number of fused-ring (bicyclic) bond motifs is 2. The van der Waals surface area contributed by atoms with Crippen molar-refractivity contribution in [3.8, 4) is 11.5 Å². The second-order valence-electron chi connectivity index (χ2n) is 5.13. The maximum atomic E-state index is 13.8. The van der Waals surface area contributed by atoms with Crippen molar-refractivity contribution >= 4 is 38.5 Å². The third-order valence-corrected chi connectivity index (χ3v) is 4.81. The van der Waals surface area contributed by atoms with Gasteiger partial charge in [0.15, 0.2) is 0 Å². The van der Waals surface area contributed by atoms with Crippen LogP contribution >= 0.6 is 38.5 Å². The molecule has 0 saturated carbocycles. The highest BCUT2D eigenvalue weighted by atomic mass is 127. The van der Waals surface area contributed by atoms with Crippen molar-refractivity contribution in [1.82, 2.24) is 0 Å². The summed E-state index contributed by atoms with van der Waals surface area (Å²) in [4.78, 5) is 0. The molecule has 2 aromatic rings. The zero-order valence-corrected chi connectivity index (χ0v) is 14.2. The lowest BCUT2D eigenvalue weighted by Crippen LogP contribution is -2.24. The number of hydrogen-bond acceptors (Lipinski definition) is 1. The van der Waals surface area contributed by atoms with Crippen molar-refractivity contribution in [3.05, 3.63) is 55.3 Å². The molecule has 0 aromatic heterocycles. The van der Waals surface area contributed by atoms with Gasteiger partial charge < -0.3 is 4.74 Å². The Hall–Kier alpha value is -0.620. The molecule has 1 aliphatic heterocycles. The molecule has 0 aliphatic carbocycles. The second kappa shape index (κ2) is 4.45. The smallest absolute Gasteiger partial charge is 0.137 e. The molecule has 0 spiro atoms. The zero-order chi connectivity index (χ0) is 13.8. The Balaban J connectivity index is 2.27. The average Bonchev–Trinajstić information content (AvgIpc) is 2.34. The van der Waals surface area contributed by atoms with Gasteiger partial charge in [-0.25, -0.2) is 4.39 Å². The van der Waals surface area contributed by atoms with Gasteiger partial charge in [0.25, 0.3) is 0 Å². The van der Waals surface area contributed by atoms with Crippen LogP contribution < -0.4 is 4.74 Å². The van der Waals surface area contributed by atoms with Crippen molar-refractivity contribution in [2.24, 2.45) is 0 Å². The van der Waals surface area contributed by atoms with E-state index < -0.39 is 0 Å². The Kier molecular flexibility index (Phi) is 3.13. The molecular formula is C15H11BrFIO. The molecule has 0 amide bonds. The van der Waals surface area contributed by atoms with Crippen LogP contribution in [0.5, 0.6) is 11.5 Å². The first-order valence-corrected chi connectivity index (χ1v) is 7.74. The number of rotatable bonds is 0. The van der Waals surface area contributed by atoms with Gasteiger partial charge in [-0.1, -0.05) is 13.8 Å². The van der Waals surface area contributed by atoms with Gasteiger partial charge >= 0.3 is 0 Å². The first-order chi connectivity index (χ1) is 8.89. The molecular weight excluding hydrogens is 422 g/mol. The fraction of sp³-hybridized carbons (Fsp3) is 0.200. The van der Waals surface area contributed by atoms with Gasteiger partial charge in [0.2, 0.25) is 0 Å². The van der Waals surface area contributed by atoms with Crippen molar-refractivity contribution in [2.45, 2.75) is 19.3 Å². The quantitative estimate of drug-likeness (QED) is 0.490. The lowest BCUT2D eigenvalue weighted by atomic mass is 9.76. The van der Waals surface area contributed by atoms with E-state index in [9.17, 15) is 4.39 Å². The highest BCUT2D eigenvalue weighted by Crippen LogP contribution is 2.49. The number of hydrogen-bond donors (Lipinski definition) is 0. The Labute approximate surface area is 133 Å². The maximum Gasteiger partial charge on any atom is 0.137 e. The van der Waals surface area contributed by atoms with Gasteiger partial charge in [-0.15, -0.1) is 0 Å². The molecule has 0 fully saturated rings. The van der Waals surface area contributed by atoms with Crippen LogP contribution in [0, 0.1) is 9.39 Å². The molecule has 0 saturated heterocycles. The predicted molar refractivity (Wildman–Crippen MR) is 85.5 cm³/mol. The summed E-state index contributed by atoms with van der Waals surface area (Å²) in [5.41, 5.74) is 1.70. The van der Waals surface area contributed by atoms with E-state index in [4.69, 9.17) is 4.74 Å². The Bertz CT molecular complexity index is 682. The van der Waals surface area contributed by atoms with Crippen LogP contribution in [-0.2, 0) is 5.41 Å². The molecule has 0 radical (unpaired) electrons. The van der Waals surface area contributed by atoms with Crippen molar-refractivity contribution in [2.75, 3.05) is 0 Å². The summed E-state index contributed by atoms with van der Waals surface area (Å²) in [6, 6.07) is 9.34. The normalized spacial score (nSPS) is 15.4. The van der Waals surface area contributed by atoms with Gasteiger partial charge in [0, 0.05) is 20.1 Å². The molecule has 3 rings (SSSR count). The van der Waals surface area contributed by atoms with Crippen LogP contribution in [0.25, 0.3) is 0 Å². The standard InChI is InChI=1S/C15H11BrFIO/c1-15(2)9-5-8(18)3-4-13(9)19-14-7-11(16)12(17)6-10(14)15/h3-7H,1-2H3. The second-order valence-corrected chi connectivity index (χ2v) is 7.23. The minimum atomic E-state index is -0.272. The molecule has 98 valence electrons. The Morgan fingerprint density at radius 3 is 2.53 bits per heavy atom. The van der Waals surface area contributed by atoms with Gasteiger partial charge in [0.05, 0.1) is 4.47 Å². The maximum absolute atomic E-state index is 13.8. The van der Waals surface area contributed by atoms with Crippen LogP contribution in [0.15, 0.2) is 34.8 Å². The molecule has 19 heavy (non-hydrogen) atoms. The molecule has 4 heteroatoms. The van der Waals surface area contributed by atoms with E-state index in [1.165, 1.54) is 0 Å². The van der Waals surface area contributed by atoms with E-state index in [2.05, 4.69) is 58.4 Å². The Morgan fingerprint density at radius 2 is 1.79 bits per heavy atom. The highest BCUT2D eigenvalue weighted by molar-refractivity contribution is 14.1. The van der Waals surface area contributed by atoms with Gasteiger partial charge in [-0.2, -0.15) is 0 Å². The van der Waals surface area contributed by atoms with Crippen LogP contribution in [0.1, 0.15) is 25.0 Å². The molecule has 0 N–H and O–H groups in total. The first-order valence-electron chi connectivity index (χ1n) is 5.87. The van der Waals surface area contributed by atoms with E-state index in [1.807, 2.05) is 12.1 Å². The summed E-state index contributed by atoms with van der Waals surface area (Å²) in [6.45, 7) is 4.19. The minimum absolute atomic E-state index is 0.260. The van der Waals surface area contributed by atoms with Crippen LogP contribution in [-0.4, -0.2) is 0 Å². The van der Waals surface area contributed by atoms with Crippen LogP contribution in [0.3, 0.4) is 0 Å². The summed E-state index contributed by atoms with van der Waals surface area (Å²) < 4.78 is 21.3. The summed E-state index contributed by atoms with van der Waals surface area (Å²) in [5.74, 6) is 1.30. The number of ether oxygens (including phenoxy) is 1. The lowest BCUT2D eigenvalue weighted by molar-refractivity contribution is 0.414. The van der Waals surface area contributed by atoms with Gasteiger partial charge in [-0.05, 0) is 68.9 Å². The third-order valence-electron chi connectivity index (χ3n) is 3.53. The van der Waals surface area contributed by atoms with Crippen molar-refractivity contribution < 1.29 is 9.13 Å². The monoisotopic (exact) mass is 432 g/mol. The van der Waals surface area contributed by atoms with E-state index in [0.717, 1.165) is 20.4 Å². The fourth-order valence-electron chi connectivity index (χ4n) is 2.44. The van der Waals surface area contributed by atoms with E-state index in [0.29, 0.717) is 10.2 Å². The topological polar surface area (TPSA) is 9.23 Å². The molecule has 1 nitrogen and oxygen atoms in total. The Morgan fingerprint density at radius 1 is 1.11 bits per heavy atom. The molecule has 0 bridgehead atoms. The first kappa shape index (κ1) is 13.4. The average molecular weight is 433 g/mol. The molecule has 2 aromatic carbocycles. The predicted octanol–water partition coefficient (Wildman–Crippen LogP) is 5.62.